The third-order valence-electron chi connectivity index (χ3n) is 4.91. The molecular formula is C21H24N4S. The topological polar surface area (TPSA) is 26.0 Å². The maximum absolute atomic E-state index is 5.83. The Labute approximate surface area is 159 Å². The van der Waals surface area contributed by atoms with Gasteiger partial charge in [-0.2, -0.15) is 0 Å². The summed E-state index contributed by atoms with van der Waals surface area (Å²) in [6, 6.07) is 18.7. The highest BCUT2D eigenvalue weighted by molar-refractivity contribution is 7.71. The molecule has 1 saturated heterocycles. The summed E-state index contributed by atoms with van der Waals surface area (Å²) in [6.45, 7) is 5.12. The van der Waals surface area contributed by atoms with E-state index in [0.29, 0.717) is 0 Å². The molecule has 0 N–H and O–H groups in total. The predicted molar refractivity (Wildman–Crippen MR) is 108 cm³/mol. The van der Waals surface area contributed by atoms with Crippen molar-refractivity contribution < 1.29 is 0 Å². The van der Waals surface area contributed by atoms with Crippen LogP contribution in [0.2, 0.25) is 0 Å². The van der Waals surface area contributed by atoms with Gasteiger partial charge in [0.1, 0.15) is 0 Å². The van der Waals surface area contributed by atoms with Gasteiger partial charge in [0.15, 0.2) is 5.82 Å². The van der Waals surface area contributed by atoms with E-state index in [-0.39, 0.29) is 0 Å². The molecule has 1 aliphatic heterocycles. The number of nitrogens with zero attached hydrogens (tertiary/aromatic N) is 4. The summed E-state index contributed by atoms with van der Waals surface area (Å²) < 4.78 is 4.82. The molecule has 0 unspecified atom stereocenters. The number of benzene rings is 2. The summed E-state index contributed by atoms with van der Waals surface area (Å²) in [5.41, 5.74) is 3.37. The van der Waals surface area contributed by atoms with E-state index in [4.69, 9.17) is 17.3 Å². The van der Waals surface area contributed by atoms with Crippen molar-refractivity contribution >= 4 is 12.2 Å². The lowest BCUT2D eigenvalue weighted by molar-refractivity contribution is 0.172. The van der Waals surface area contributed by atoms with Crippen LogP contribution in [0.15, 0.2) is 54.6 Å². The van der Waals surface area contributed by atoms with Gasteiger partial charge >= 0.3 is 0 Å². The van der Waals surface area contributed by atoms with E-state index in [1.165, 1.54) is 24.8 Å². The second-order valence-electron chi connectivity index (χ2n) is 6.97. The monoisotopic (exact) mass is 364 g/mol. The molecule has 0 aliphatic carbocycles. The van der Waals surface area contributed by atoms with Crippen LogP contribution in [0.4, 0.5) is 0 Å². The van der Waals surface area contributed by atoms with E-state index in [0.717, 1.165) is 41.6 Å². The number of hydrogen-bond donors (Lipinski definition) is 0. The SMILES string of the molecule is Cc1cccc(-c2nn(CN3CCCCC3)c(=S)n2-c2ccccc2)c1. The largest absolute Gasteiger partial charge is 0.284 e. The van der Waals surface area contributed by atoms with Crippen LogP contribution in [0.1, 0.15) is 24.8 Å². The van der Waals surface area contributed by atoms with Gasteiger partial charge in [-0.25, -0.2) is 4.68 Å². The molecule has 0 bridgehead atoms. The first-order valence-electron chi connectivity index (χ1n) is 9.27. The Hall–Kier alpha value is -2.24. The van der Waals surface area contributed by atoms with Gasteiger partial charge in [0.25, 0.3) is 0 Å². The van der Waals surface area contributed by atoms with E-state index >= 15 is 0 Å². The van der Waals surface area contributed by atoms with Crippen LogP contribution >= 0.6 is 12.2 Å². The Balaban J connectivity index is 1.81. The zero-order valence-electron chi connectivity index (χ0n) is 15.1. The van der Waals surface area contributed by atoms with Crippen molar-refractivity contribution in [2.24, 2.45) is 0 Å². The molecule has 0 amide bonds. The van der Waals surface area contributed by atoms with Crippen molar-refractivity contribution in [2.75, 3.05) is 13.1 Å². The van der Waals surface area contributed by atoms with Crippen LogP contribution in [-0.2, 0) is 6.67 Å². The first kappa shape index (κ1) is 17.2. The van der Waals surface area contributed by atoms with Gasteiger partial charge < -0.3 is 0 Å². The molecule has 4 nitrogen and oxygen atoms in total. The second-order valence-corrected chi connectivity index (χ2v) is 7.33. The van der Waals surface area contributed by atoms with E-state index in [9.17, 15) is 0 Å². The molecule has 3 aromatic rings. The van der Waals surface area contributed by atoms with Crippen LogP contribution < -0.4 is 0 Å². The van der Waals surface area contributed by atoms with Gasteiger partial charge in [-0.1, -0.05) is 48.4 Å². The maximum Gasteiger partial charge on any atom is 0.204 e. The summed E-state index contributed by atoms with van der Waals surface area (Å²) in [6.07, 6.45) is 3.85. The highest BCUT2D eigenvalue weighted by Crippen LogP contribution is 2.24. The number of aromatic nitrogens is 3. The van der Waals surface area contributed by atoms with Gasteiger partial charge in [-0.3, -0.25) is 9.47 Å². The van der Waals surface area contributed by atoms with Crippen molar-refractivity contribution in [3.63, 3.8) is 0 Å². The highest BCUT2D eigenvalue weighted by atomic mass is 32.1. The lowest BCUT2D eigenvalue weighted by atomic mass is 10.1. The fraction of sp³-hybridized carbons (Fsp3) is 0.333. The molecule has 0 atom stereocenters. The predicted octanol–water partition coefficient (Wildman–Crippen LogP) is 4.82. The second kappa shape index (κ2) is 7.56. The molecule has 1 fully saturated rings. The van der Waals surface area contributed by atoms with Gasteiger partial charge in [0.2, 0.25) is 4.77 Å². The molecule has 134 valence electrons. The van der Waals surface area contributed by atoms with Crippen LogP contribution in [0.5, 0.6) is 0 Å². The third-order valence-corrected chi connectivity index (χ3v) is 5.31. The Kier molecular flexibility index (Phi) is 5.00. The van der Waals surface area contributed by atoms with Crippen LogP contribution in [0.25, 0.3) is 17.1 Å². The number of likely N-dealkylation sites (tertiary alicyclic amines) is 1. The molecule has 0 spiro atoms. The molecule has 2 heterocycles. The minimum atomic E-state index is 0.748. The van der Waals surface area contributed by atoms with Gasteiger partial charge in [-0.05, 0) is 63.3 Å². The standard InChI is InChI=1S/C21H24N4S/c1-17-9-8-10-18(15-17)20-22-24(16-23-13-6-3-7-14-23)21(26)25(20)19-11-4-2-5-12-19/h2,4-5,8-12,15H,3,6-7,13-14,16H2,1H3. The van der Waals surface area contributed by atoms with E-state index in [2.05, 4.69) is 52.8 Å². The molecule has 5 heteroatoms. The Morgan fingerprint density at radius 2 is 1.73 bits per heavy atom. The van der Waals surface area contributed by atoms with Crippen molar-refractivity contribution in [1.82, 2.24) is 19.2 Å². The van der Waals surface area contributed by atoms with Crippen molar-refractivity contribution in [3.05, 3.63) is 64.9 Å². The summed E-state index contributed by atoms with van der Waals surface area (Å²) in [7, 11) is 0. The van der Waals surface area contributed by atoms with Crippen molar-refractivity contribution in [3.8, 4) is 17.1 Å². The molecule has 0 radical (unpaired) electrons. The minimum absolute atomic E-state index is 0.748. The van der Waals surface area contributed by atoms with Crippen molar-refractivity contribution in [1.29, 1.82) is 0 Å². The summed E-state index contributed by atoms with van der Waals surface area (Å²) in [4.78, 5) is 2.45. The third kappa shape index (κ3) is 3.50. The van der Waals surface area contributed by atoms with Gasteiger partial charge in [0, 0.05) is 11.3 Å². The lowest BCUT2D eigenvalue weighted by Gasteiger charge is -2.25. The number of rotatable bonds is 4. The first-order valence-corrected chi connectivity index (χ1v) is 9.68. The molecule has 26 heavy (non-hydrogen) atoms. The fourth-order valence-electron chi connectivity index (χ4n) is 3.57. The van der Waals surface area contributed by atoms with Crippen LogP contribution in [0, 0.1) is 11.7 Å². The molecular weight excluding hydrogens is 340 g/mol. The number of piperidine rings is 1. The average Bonchev–Trinajstić information content (AvgIpc) is 3.00. The minimum Gasteiger partial charge on any atom is -0.284 e. The Morgan fingerprint density at radius 1 is 0.962 bits per heavy atom. The fourth-order valence-corrected chi connectivity index (χ4v) is 3.86. The number of hydrogen-bond acceptors (Lipinski definition) is 3. The summed E-state index contributed by atoms with van der Waals surface area (Å²) >= 11 is 5.83. The smallest absolute Gasteiger partial charge is 0.204 e. The summed E-state index contributed by atoms with van der Waals surface area (Å²) in [5, 5.41) is 4.93. The zero-order chi connectivity index (χ0) is 17.9. The first-order chi connectivity index (χ1) is 12.7. The number of aryl methyl sites for hydroxylation is 1. The maximum atomic E-state index is 5.83. The van der Waals surface area contributed by atoms with Gasteiger partial charge in [-0.15, -0.1) is 5.10 Å². The van der Waals surface area contributed by atoms with E-state index in [1.807, 2.05) is 22.9 Å². The Bertz CT molecular complexity index is 936. The molecule has 0 saturated carbocycles. The summed E-state index contributed by atoms with van der Waals surface area (Å²) in [5.74, 6) is 0.905. The highest BCUT2D eigenvalue weighted by Gasteiger charge is 2.17. The Morgan fingerprint density at radius 3 is 2.46 bits per heavy atom. The average molecular weight is 365 g/mol. The van der Waals surface area contributed by atoms with Crippen molar-refractivity contribution in [2.45, 2.75) is 32.9 Å². The number of para-hydroxylation sites is 1. The normalized spacial score (nSPS) is 15.3. The molecule has 4 rings (SSSR count). The van der Waals surface area contributed by atoms with Crippen LogP contribution in [0.3, 0.4) is 0 Å². The van der Waals surface area contributed by atoms with Crippen LogP contribution in [-0.4, -0.2) is 32.3 Å². The molecule has 2 aromatic carbocycles. The zero-order valence-corrected chi connectivity index (χ0v) is 16.0. The van der Waals surface area contributed by atoms with Gasteiger partial charge in [0.05, 0.1) is 6.67 Å². The van der Waals surface area contributed by atoms with E-state index in [1.54, 1.807) is 0 Å². The lowest BCUT2D eigenvalue weighted by Crippen LogP contribution is -2.32. The van der Waals surface area contributed by atoms with E-state index < -0.39 is 0 Å². The molecule has 1 aliphatic rings. The quantitative estimate of drug-likeness (QED) is 0.621. The molecule has 1 aromatic heterocycles.